The molecule has 0 atom stereocenters. The van der Waals surface area contributed by atoms with Crippen LogP contribution in [-0.4, -0.2) is 32.1 Å². The molecule has 0 aliphatic heterocycles. The van der Waals surface area contributed by atoms with Crippen molar-refractivity contribution in [1.82, 2.24) is 14.5 Å². The minimum Gasteiger partial charge on any atom is -0.326 e. The van der Waals surface area contributed by atoms with E-state index < -0.39 is 0 Å². The smallest absolute Gasteiger partial charge is 0.234 e. The summed E-state index contributed by atoms with van der Waals surface area (Å²) in [5, 5.41) is 6.57. The summed E-state index contributed by atoms with van der Waals surface area (Å²) in [5.74, 6) is 0.0788. The molecule has 1 aliphatic carbocycles. The van der Waals surface area contributed by atoms with Crippen molar-refractivity contribution in [3.8, 4) is 0 Å². The van der Waals surface area contributed by atoms with Crippen molar-refractivity contribution < 1.29 is 9.59 Å². The molecule has 0 unspecified atom stereocenters. The number of thioether (sulfide) groups is 1. The highest BCUT2D eigenvalue weighted by Gasteiger charge is 2.22. The van der Waals surface area contributed by atoms with Crippen molar-refractivity contribution in [1.29, 1.82) is 0 Å². The van der Waals surface area contributed by atoms with E-state index in [0.717, 1.165) is 29.2 Å². The van der Waals surface area contributed by atoms with Crippen molar-refractivity contribution >= 4 is 46.1 Å². The van der Waals surface area contributed by atoms with Crippen LogP contribution >= 0.6 is 11.8 Å². The molecule has 8 heteroatoms. The second kappa shape index (κ2) is 9.96. The fourth-order valence-corrected chi connectivity index (χ4v) is 4.80. The van der Waals surface area contributed by atoms with Gasteiger partial charge in [0.2, 0.25) is 11.8 Å². The van der Waals surface area contributed by atoms with Gasteiger partial charge >= 0.3 is 0 Å². The topological polar surface area (TPSA) is 88.9 Å². The zero-order valence-corrected chi connectivity index (χ0v) is 18.5. The van der Waals surface area contributed by atoms with Crippen LogP contribution in [0.25, 0.3) is 11.2 Å². The number of nitrogens with one attached hydrogen (secondary N) is 2. The van der Waals surface area contributed by atoms with Crippen molar-refractivity contribution in [3.63, 3.8) is 0 Å². The molecular weight excluding hydrogens is 410 g/mol. The third-order valence-corrected chi connectivity index (χ3v) is 6.39. The van der Waals surface area contributed by atoms with Gasteiger partial charge in [-0.1, -0.05) is 44.0 Å². The highest BCUT2D eigenvalue weighted by atomic mass is 32.2. The maximum atomic E-state index is 12.6. The number of aromatic nitrogens is 3. The Hall–Kier alpha value is -2.87. The fourth-order valence-electron chi connectivity index (χ4n) is 3.93. The SMILES string of the molecule is CCC(=O)Nc1cccc(NC(=O)CSc2nc3cccnc3n2C2CCCCC2)c1. The van der Waals surface area contributed by atoms with Gasteiger partial charge in [-0.15, -0.1) is 0 Å². The molecule has 162 valence electrons. The van der Waals surface area contributed by atoms with E-state index in [2.05, 4.69) is 20.2 Å². The second-order valence-electron chi connectivity index (χ2n) is 7.72. The molecular formula is C23H27N5O2S. The van der Waals surface area contributed by atoms with Crippen molar-refractivity contribution in [3.05, 3.63) is 42.6 Å². The summed E-state index contributed by atoms with van der Waals surface area (Å²) >= 11 is 1.44. The van der Waals surface area contributed by atoms with Crippen LogP contribution in [0.1, 0.15) is 51.5 Å². The third-order valence-electron chi connectivity index (χ3n) is 5.44. The number of hydrogen-bond donors (Lipinski definition) is 2. The van der Waals surface area contributed by atoms with Crippen LogP contribution in [0.3, 0.4) is 0 Å². The van der Waals surface area contributed by atoms with Crippen molar-refractivity contribution in [2.24, 2.45) is 0 Å². The van der Waals surface area contributed by atoms with Gasteiger partial charge < -0.3 is 15.2 Å². The highest BCUT2D eigenvalue weighted by molar-refractivity contribution is 7.99. The normalized spacial score (nSPS) is 14.5. The number of fused-ring (bicyclic) bond motifs is 1. The number of amides is 2. The number of rotatable bonds is 7. The summed E-state index contributed by atoms with van der Waals surface area (Å²) in [6.45, 7) is 1.80. The van der Waals surface area contributed by atoms with E-state index in [1.807, 2.05) is 24.3 Å². The molecule has 0 spiro atoms. The largest absolute Gasteiger partial charge is 0.326 e. The number of carbonyl (C=O) groups excluding carboxylic acids is 2. The van der Waals surface area contributed by atoms with Crippen molar-refractivity contribution in [2.75, 3.05) is 16.4 Å². The molecule has 7 nitrogen and oxygen atoms in total. The predicted octanol–water partition coefficient (Wildman–Crippen LogP) is 5.02. The lowest BCUT2D eigenvalue weighted by atomic mass is 9.95. The Morgan fingerprint density at radius 1 is 1.06 bits per heavy atom. The van der Waals surface area contributed by atoms with Gasteiger partial charge in [0.1, 0.15) is 5.52 Å². The fraction of sp³-hybridized carbons (Fsp3) is 0.391. The Balaban J connectivity index is 1.45. The molecule has 2 amide bonds. The number of anilines is 2. The van der Waals surface area contributed by atoms with Crippen LogP contribution in [-0.2, 0) is 9.59 Å². The molecule has 2 aromatic heterocycles. The van der Waals surface area contributed by atoms with E-state index in [-0.39, 0.29) is 17.6 Å². The lowest BCUT2D eigenvalue weighted by Gasteiger charge is -2.24. The molecule has 3 aromatic rings. The van der Waals surface area contributed by atoms with Gasteiger partial charge in [0.05, 0.1) is 5.75 Å². The summed E-state index contributed by atoms with van der Waals surface area (Å²) in [5.41, 5.74) is 3.09. The van der Waals surface area contributed by atoms with E-state index in [9.17, 15) is 9.59 Å². The first-order valence-corrected chi connectivity index (χ1v) is 11.8. The number of pyridine rings is 1. The van der Waals surface area contributed by atoms with Gasteiger partial charge in [-0.05, 0) is 43.2 Å². The van der Waals surface area contributed by atoms with Crippen LogP contribution in [0.15, 0.2) is 47.8 Å². The first kappa shape index (κ1) is 21.4. The van der Waals surface area contributed by atoms with Crippen LogP contribution in [0, 0.1) is 0 Å². The maximum absolute atomic E-state index is 12.6. The first-order valence-electron chi connectivity index (χ1n) is 10.8. The van der Waals surface area contributed by atoms with E-state index in [1.165, 1.54) is 31.0 Å². The summed E-state index contributed by atoms with van der Waals surface area (Å²) in [6.07, 6.45) is 8.16. The number of nitrogens with zero attached hydrogens (tertiary/aromatic N) is 3. The molecule has 1 aromatic carbocycles. The minimum absolute atomic E-state index is 0.0609. The number of hydrogen-bond acceptors (Lipinski definition) is 5. The Morgan fingerprint density at radius 3 is 2.55 bits per heavy atom. The van der Waals surface area contributed by atoms with Crippen LogP contribution in [0.4, 0.5) is 11.4 Å². The maximum Gasteiger partial charge on any atom is 0.234 e. The summed E-state index contributed by atoms with van der Waals surface area (Å²) in [7, 11) is 0. The standard InChI is InChI=1S/C23H27N5O2S/c1-2-20(29)25-16-8-6-9-17(14-16)26-21(30)15-31-23-27-19-12-7-13-24-22(19)28(23)18-10-4-3-5-11-18/h6-9,12-14,18H,2-5,10-11,15H2,1H3,(H,25,29)(H,26,30). The number of imidazole rings is 1. The Bertz CT molecular complexity index is 1070. The molecule has 2 heterocycles. The van der Waals surface area contributed by atoms with Gasteiger partial charge in [-0.2, -0.15) is 0 Å². The van der Waals surface area contributed by atoms with Gasteiger partial charge in [0.25, 0.3) is 0 Å². The lowest BCUT2D eigenvalue weighted by molar-refractivity contribution is -0.116. The Labute approximate surface area is 186 Å². The molecule has 1 fully saturated rings. The van der Waals surface area contributed by atoms with E-state index in [0.29, 0.717) is 23.8 Å². The summed E-state index contributed by atoms with van der Waals surface area (Å²) in [6, 6.07) is 11.4. The minimum atomic E-state index is -0.112. The second-order valence-corrected chi connectivity index (χ2v) is 8.66. The molecule has 1 saturated carbocycles. The van der Waals surface area contributed by atoms with Crippen LogP contribution in [0.5, 0.6) is 0 Å². The molecule has 0 saturated heterocycles. The van der Waals surface area contributed by atoms with E-state index in [4.69, 9.17) is 4.98 Å². The Kier molecular flexibility index (Phi) is 6.86. The van der Waals surface area contributed by atoms with Gasteiger partial charge in [0, 0.05) is 30.0 Å². The molecule has 2 N–H and O–H groups in total. The highest BCUT2D eigenvalue weighted by Crippen LogP contribution is 2.34. The van der Waals surface area contributed by atoms with Gasteiger partial charge in [-0.25, -0.2) is 9.97 Å². The third kappa shape index (κ3) is 5.25. The summed E-state index contributed by atoms with van der Waals surface area (Å²) in [4.78, 5) is 33.5. The average molecular weight is 438 g/mol. The summed E-state index contributed by atoms with van der Waals surface area (Å²) < 4.78 is 2.23. The van der Waals surface area contributed by atoms with Crippen LogP contribution < -0.4 is 10.6 Å². The van der Waals surface area contributed by atoms with E-state index >= 15 is 0 Å². The molecule has 0 radical (unpaired) electrons. The number of benzene rings is 1. The molecule has 31 heavy (non-hydrogen) atoms. The quantitative estimate of drug-likeness (QED) is 0.507. The zero-order valence-electron chi connectivity index (χ0n) is 17.6. The zero-order chi connectivity index (χ0) is 21.6. The molecule has 1 aliphatic rings. The van der Waals surface area contributed by atoms with Gasteiger partial charge in [0.15, 0.2) is 10.8 Å². The average Bonchev–Trinajstić information content (AvgIpc) is 3.17. The molecule has 0 bridgehead atoms. The molecule has 4 rings (SSSR count). The van der Waals surface area contributed by atoms with Gasteiger partial charge in [-0.3, -0.25) is 9.59 Å². The first-order chi connectivity index (χ1) is 15.1. The lowest BCUT2D eigenvalue weighted by Crippen LogP contribution is -2.17. The van der Waals surface area contributed by atoms with Crippen molar-refractivity contribution in [2.45, 2.75) is 56.6 Å². The van der Waals surface area contributed by atoms with E-state index in [1.54, 1.807) is 25.3 Å². The number of carbonyl (C=O) groups is 2. The Morgan fingerprint density at radius 2 is 1.81 bits per heavy atom. The monoisotopic (exact) mass is 437 g/mol. The van der Waals surface area contributed by atoms with Crippen LogP contribution in [0.2, 0.25) is 0 Å². The predicted molar refractivity (Wildman–Crippen MR) is 124 cm³/mol.